The molecule has 0 aliphatic rings. The zero-order valence-corrected chi connectivity index (χ0v) is 9.88. The van der Waals surface area contributed by atoms with Gasteiger partial charge >= 0.3 is 0 Å². The third-order valence-corrected chi connectivity index (χ3v) is 2.87. The number of nitrogens with one attached hydrogen (secondary N) is 1. The number of fused-ring (bicyclic) bond motifs is 1. The molecule has 0 saturated heterocycles. The van der Waals surface area contributed by atoms with Crippen molar-refractivity contribution in [2.24, 2.45) is 0 Å². The fourth-order valence-corrected chi connectivity index (χ4v) is 2.08. The molecular weight excluding hydrogens is 212 g/mol. The number of rotatable bonds is 2. The molecule has 3 rings (SSSR count). The van der Waals surface area contributed by atoms with E-state index in [2.05, 4.69) is 35.2 Å². The van der Waals surface area contributed by atoms with E-state index in [0.29, 0.717) is 5.92 Å². The van der Waals surface area contributed by atoms with Crippen molar-refractivity contribution in [2.45, 2.75) is 19.8 Å². The van der Waals surface area contributed by atoms with Crippen molar-refractivity contribution in [1.82, 2.24) is 19.8 Å². The molecule has 0 radical (unpaired) electrons. The Morgan fingerprint density at radius 1 is 1.24 bits per heavy atom. The molecule has 0 aliphatic carbocycles. The standard InChI is InChI=1S/C13H14N4/c1-9(2)13-12(10-6-7-14-15-10)11-5-3-4-8-17(11)16-13/h3-9H,1-2H3,(H,14,15). The number of H-pyrrole nitrogens is 1. The van der Waals surface area contributed by atoms with Gasteiger partial charge in [-0.15, -0.1) is 0 Å². The van der Waals surface area contributed by atoms with Crippen LogP contribution in [0.25, 0.3) is 16.8 Å². The molecule has 0 aromatic carbocycles. The van der Waals surface area contributed by atoms with Crippen LogP contribution in [0.1, 0.15) is 25.5 Å². The van der Waals surface area contributed by atoms with E-state index in [4.69, 9.17) is 0 Å². The van der Waals surface area contributed by atoms with E-state index in [1.807, 2.05) is 35.1 Å². The van der Waals surface area contributed by atoms with E-state index in [1.54, 1.807) is 0 Å². The molecule has 0 fully saturated rings. The van der Waals surface area contributed by atoms with Crippen LogP contribution in [0.3, 0.4) is 0 Å². The molecule has 0 saturated carbocycles. The van der Waals surface area contributed by atoms with E-state index in [0.717, 1.165) is 22.5 Å². The minimum Gasteiger partial charge on any atom is -0.285 e. The maximum Gasteiger partial charge on any atom is 0.0961 e. The maximum absolute atomic E-state index is 4.63. The topological polar surface area (TPSA) is 46.0 Å². The van der Waals surface area contributed by atoms with Gasteiger partial charge in [-0.2, -0.15) is 10.2 Å². The van der Waals surface area contributed by atoms with Gasteiger partial charge in [-0.1, -0.05) is 19.9 Å². The van der Waals surface area contributed by atoms with Crippen LogP contribution in [0.2, 0.25) is 0 Å². The Balaban J connectivity index is 2.36. The molecule has 0 spiro atoms. The molecule has 4 heteroatoms. The first-order valence-electron chi connectivity index (χ1n) is 5.75. The van der Waals surface area contributed by atoms with E-state index in [-0.39, 0.29) is 0 Å². The molecule has 17 heavy (non-hydrogen) atoms. The molecule has 4 nitrogen and oxygen atoms in total. The third kappa shape index (κ3) is 1.53. The van der Waals surface area contributed by atoms with Crippen LogP contribution in [-0.4, -0.2) is 19.8 Å². The summed E-state index contributed by atoms with van der Waals surface area (Å²) in [7, 11) is 0. The quantitative estimate of drug-likeness (QED) is 0.730. The number of aromatic nitrogens is 4. The lowest BCUT2D eigenvalue weighted by molar-refractivity contribution is 0.789. The fraction of sp³-hybridized carbons (Fsp3) is 0.231. The molecule has 0 unspecified atom stereocenters. The fourth-order valence-electron chi connectivity index (χ4n) is 2.08. The number of hydrogen-bond donors (Lipinski definition) is 1. The summed E-state index contributed by atoms with van der Waals surface area (Å²) in [5.41, 5.74) is 4.27. The number of aromatic amines is 1. The Morgan fingerprint density at radius 2 is 2.12 bits per heavy atom. The lowest BCUT2D eigenvalue weighted by Crippen LogP contribution is -1.92. The highest BCUT2D eigenvalue weighted by Crippen LogP contribution is 2.30. The molecule has 1 N–H and O–H groups in total. The Hall–Kier alpha value is -2.10. The highest BCUT2D eigenvalue weighted by Gasteiger charge is 2.17. The van der Waals surface area contributed by atoms with Gasteiger partial charge in [0.15, 0.2) is 0 Å². The van der Waals surface area contributed by atoms with Crippen LogP contribution in [-0.2, 0) is 0 Å². The van der Waals surface area contributed by atoms with Gasteiger partial charge < -0.3 is 0 Å². The summed E-state index contributed by atoms with van der Waals surface area (Å²) in [5, 5.41) is 11.8. The lowest BCUT2D eigenvalue weighted by Gasteiger charge is -2.02. The highest BCUT2D eigenvalue weighted by molar-refractivity contribution is 5.80. The number of pyridine rings is 1. The molecule has 0 atom stereocenters. The van der Waals surface area contributed by atoms with Crippen molar-refractivity contribution < 1.29 is 0 Å². The van der Waals surface area contributed by atoms with Gasteiger partial charge in [-0.05, 0) is 24.1 Å². The van der Waals surface area contributed by atoms with Crippen LogP contribution in [0.15, 0.2) is 36.7 Å². The highest BCUT2D eigenvalue weighted by atomic mass is 15.2. The first-order valence-corrected chi connectivity index (χ1v) is 5.75. The molecule has 3 aromatic heterocycles. The maximum atomic E-state index is 4.63. The summed E-state index contributed by atoms with van der Waals surface area (Å²) in [5.74, 6) is 0.376. The summed E-state index contributed by atoms with van der Waals surface area (Å²) in [6.45, 7) is 4.30. The van der Waals surface area contributed by atoms with Crippen LogP contribution < -0.4 is 0 Å². The van der Waals surface area contributed by atoms with Crippen molar-refractivity contribution in [3.8, 4) is 11.3 Å². The predicted octanol–water partition coefficient (Wildman–Crippen LogP) is 2.85. The Kier molecular flexibility index (Phi) is 2.21. The van der Waals surface area contributed by atoms with E-state index >= 15 is 0 Å². The lowest BCUT2D eigenvalue weighted by atomic mass is 10.0. The SMILES string of the molecule is CC(C)c1nn2ccccc2c1-c1cc[nH]n1. The van der Waals surface area contributed by atoms with Crippen molar-refractivity contribution in [3.05, 3.63) is 42.4 Å². The van der Waals surface area contributed by atoms with Gasteiger partial charge in [-0.3, -0.25) is 5.10 Å². The second-order valence-corrected chi connectivity index (χ2v) is 4.40. The molecule has 3 heterocycles. The zero-order valence-electron chi connectivity index (χ0n) is 9.88. The third-order valence-electron chi connectivity index (χ3n) is 2.87. The molecule has 0 bridgehead atoms. The first-order chi connectivity index (χ1) is 8.27. The summed E-state index contributed by atoms with van der Waals surface area (Å²) < 4.78 is 1.92. The van der Waals surface area contributed by atoms with Crippen LogP contribution in [0.4, 0.5) is 0 Å². The molecule has 3 aromatic rings. The van der Waals surface area contributed by atoms with E-state index in [9.17, 15) is 0 Å². The second-order valence-electron chi connectivity index (χ2n) is 4.40. The first kappa shape index (κ1) is 10.1. The molecule has 0 aliphatic heterocycles. The van der Waals surface area contributed by atoms with Crippen molar-refractivity contribution in [3.63, 3.8) is 0 Å². The van der Waals surface area contributed by atoms with Crippen molar-refractivity contribution >= 4 is 5.52 Å². The second kappa shape index (κ2) is 3.73. The van der Waals surface area contributed by atoms with Crippen LogP contribution in [0.5, 0.6) is 0 Å². The normalized spacial score (nSPS) is 11.5. The minimum absolute atomic E-state index is 0.376. The number of nitrogens with zero attached hydrogens (tertiary/aromatic N) is 3. The Morgan fingerprint density at radius 3 is 2.82 bits per heavy atom. The predicted molar refractivity (Wildman–Crippen MR) is 66.9 cm³/mol. The smallest absolute Gasteiger partial charge is 0.0961 e. The summed E-state index contributed by atoms with van der Waals surface area (Å²) >= 11 is 0. The monoisotopic (exact) mass is 226 g/mol. The zero-order chi connectivity index (χ0) is 11.8. The molecule has 0 amide bonds. The Bertz CT molecular complexity index is 635. The largest absolute Gasteiger partial charge is 0.285 e. The van der Waals surface area contributed by atoms with Gasteiger partial charge in [0.1, 0.15) is 0 Å². The Labute approximate surface area is 99.3 Å². The van der Waals surface area contributed by atoms with Gasteiger partial charge in [0, 0.05) is 12.4 Å². The van der Waals surface area contributed by atoms with Gasteiger partial charge in [0.25, 0.3) is 0 Å². The average molecular weight is 226 g/mol. The summed E-state index contributed by atoms with van der Waals surface area (Å²) in [6.07, 6.45) is 3.81. The van der Waals surface area contributed by atoms with Gasteiger partial charge in [-0.25, -0.2) is 4.52 Å². The average Bonchev–Trinajstić information content (AvgIpc) is 2.94. The van der Waals surface area contributed by atoms with Crippen molar-refractivity contribution in [2.75, 3.05) is 0 Å². The van der Waals surface area contributed by atoms with Crippen molar-refractivity contribution in [1.29, 1.82) is 0 Å². The van der Waals surface area contributed by atoms with Crippen LogP contribution >= 0.6 is 0 Å². The summed E-state index contributed by atoms with van der Waals surface area (Å²) in [4.78, 5) is 0. The van der Waals surface area contributed by atoms with Gasteiger partial charge in [0.05, 0.1) is 22.5 Å². The van der Waals surface area contributed by atoms with E-state index < -0.39 is 0 Å². The summed E-state index contributed by atoms with van der Waals surface area (Å²) in [6, 6.07) is 8.06. The molecule has 86 valence electrons. The minimum atomic E-state index is 0.376. The number of hydrogen-bond acceptors (Lipinski definition) is 2. The van der Waals surface area contributed by atoms with E-state index in [1.165, 1.54) is 0 Å². The molecular formula is C13H14N4. The van der Waals surface area contributed by atoms with Gasteiger partial charge in [0.2, 0.25) is 0 Å². The van der Waals surface area contributed by atoms with Crippen LogP contribution in [0, 0.1) is 0 Å².